The number of hydrogen-bond donors (Lipinski definition) is 1. The Bertz CT molecular complexity index is 701. The van der Waals surface area contributed by atoms with Gasteiger partial charge in [-0.25, -0.2) is 9.59 Å². The van der Waals surface area contributed by atoms with Crippen molar-refractivity contribution in [2.45, 2.75) is 58.7 Å². The van der Waals surface area contributed by atoms with Crippen molar-refractivity contribution in [2.75, 3.05) is 6.61 Å². The lowest BCUT2D eigenvalue weighted by Gasteiger charge is -2.59. The molecule has 2 aliphatic carbocycles. The minimum atomic E-state index is -1.63. The summed E-state index contributed by atoms with van der Waals surface area (Å²) in [6, 6.07) is 0. The summed E-state index contributed by atoms with van der Waals surface area (Å²) in [7, 11) is 0. The Labute approximate surface area is 154 Å². The average molecular weight is 360 g/mol. The van der Waals surface area contributed by atoms with Gasteiger partial charge in [0.15, 0.2) is 5.60 Å². The summed E-state index contributed by atoms with van der Waals surface area (Å²) in [4.78, 5) is 24.7. The van der Waals surface area contributed by atoms with Gasteiger partial charge in [-0.3, -0.25) is 0 Å². The quantitative estimate of drug-likeness (QED) is 0.362. The zero-order chi connectivity index (χ0) is 19.2. The van der Waals surface area contributed by atoms with Crippen LogP contribution in [0.25, 0.3) is 0 Å². The molecule has 1 aliphatic heterocycles. The van der Waals surface area contributed by atoms with Crippen LogP contribution >= 0.6 is 0 Å². The second-order valence-electron chi connectivity index (χ2n) is 8.50. The molecule has 4 atom stereocenters. The molecule has 1 saturated heterocycles. The lowest BCUT2D eigenvalue weighted by molar-refractivity contribution is -0.194. The summed E-state index contributed by atoms with van der Waals surface area (Å²) in [6.45, 7) is 8.10. The number of aliphatic hydroxyl groups is 1. The molecule has 5 heteroatoms. The van der Waals surface area contributed by atoms with Gasteiger partial charge in [-0.15, -0.1) is 0 Å². The molecule has 0 spiro atoms. The molecule has 0 aromatic heterocycles. The molecular weight excluding hydrogens is 332 g/mol. The van der Waals surface area contributed by atoms with E-state index in [4.69, 9.17) is 9.47 Å². The largest absolute Gasteiger partial charge is 0.459 e. The summed E-state index contributed by atoms with van der Waals surface area (Å²) < 4.78 is 11.0. The summed E-state index contributed by atoms with van der Waals surface area (Å²) in [6.07, 6.45) is 10.4. The van der Waals surface area contributed by atoms with Gasteiger partial charge in [0.1, 0.15) is 12.7 Å². The summed E-state index contributed by atoms with van der Waals surface area (Å²) in [5, 5.41) is 11.4. The first-order valence-corrected chi connectivity index (χ1v) is 9.27. The minimum absolute atomic E-state index is 0.0561. The van der Waals surface area contributed by atoms with E-state index >= 15 is 0 Å². The molecule has 0 amide bonds. The summed E-state index contributed by atoms with van der Waals surface area (Å²) in [5.74, 6) is -1.18. The van der Waals surface area contributed by atoms with Crippen LogP contribution in [0.2, 0.25) is 0 Å². The molecule has 2 fully saturated rings. The monoisotopic (exact) mass is 360 g/mol. The first kappa shape index (κ1) is 18.9. The maximum Gasteiger partial charge on any atom is 0.343 e. The lowest BCUT2D eigenvalue weighted by atomic mass is 9.46. The number of ether oxygens (including phenoxy) is 2. The van der Waals surface area contributed by atoms with Crippen LogP contribution in [0.5, 0.6) is 0 Å². The molecule has 3 aliphatic rings. The number of esters is 2. The molecule has 5 nitrogen and oxygen atoms in total. The maximum absolute atomic E-state index is 12.5. The number of cyclic esters (lactones) is 1. The van der Waals surface area contributed by atoms with E-state index < -0.39 is 29.1 Å². The van der Waals surface area contributed by atoms with Gasteiger partial charge in [0, 0.05) is 23.0 Å². The molecular formula is C21H28O5. The molecule has 0 bridgehead atoms. The number of carbonyl (C=O) groups excluding carboxylic acids is 2. The number of hydrogen-bond acceptors (Lipinski definition) is 5. The number of rotatable bonds is 3. The topological polar surface area (TPSA) is 72.8 Å². The Hall–Kier alpha value is -1.88. The molecule has 0 radical (unpaired) electrons. The van der Waals surface area contributed by atoms with E-state index in [9.17, 15) is 14.7 Å². The molecule has 0 aromatic carbocycles. The maximum atomic E-state index is 12.5. The molecule has 142 valence electrons. The third-order valence-electron chi connectivity index (χ3n) is 6.47. The van der Waals surface area contributed by atoms with Crippen molar-refractivity contribution in [3.8, 4) is 0 Å². The molecule has 1 heterocycles. The first-order valence-electron chi connectivity index (χ1n) is 9.27. The van der Waals surface area contributed by atoms with Gasteiger partial charge in [-0.1, -0.05) is 45.4 Å². The predicted molar refractivity (Wildman–Crippen MR) is 97.1 cm³/mol. The Balaban J connectivity index is 2.03. The second-order valence-corrected chi connectivity index (χ2v) is 8.50. The van der Waals surface area contributed by atoms with E-state index in [1.807, 2.05) is 19.9 Å². The minimum Gasteiger partial charge on any atom is -0.459 e. The second kappa shape index (κ2) is 6.38. The van der Waals surface area contributed by atoms with Gasteiger partial charge >= 0.3 is 11.9 Å². The standard InChI is InChI=1S/C21H28O5/c1-5-6-7-9-16(22)26-15-12-14-13-25-18(23)21(14,24)20(4)11-8-10-19(2,3)17(15)20/h5-7,9,12,15,17,24H,8,10-11,13H2,1-4H3/b6-5+,9-7+/t15-,17+,20+,21?/m1/s1. The van der Waals surface area contributed by atoms with E-state index in [2.05, 4.69) is 13.8 Å². The zero-order valence-electron chi connectivity index (χ0n) is 16.0. The fraction of sp³-hybridized carbons (Fsp3) is 0.619. The van der Waals surface area contributed by atoms with Crippen LogP contribution in [0.15, 0.2) is 36.0 Å². The van der Waals surface area contributed by atoms with Crippen molar-refractivity contribution in [3.63, 3.8) is 0 Å². The molecule has 1 saturated carbocycles. The lowest BCUT2D eigenvalue weighted by Crippen LogP contribution is -2.65. The number of allylic oxidation sites excluding steroid dienone is 3. The van der Waals surface area contributed by atoms with Crippen LogP contribution in [0, 0.1) is 16.7 Å². The zero-order valence-corrected chi connectivity index (χ0v) is 16.0. The third kappa shape index (κ3) is 2.64. The number of carbonyl (C=O) groups is 2. The number of fused-ring (bicyclic) bond motifs is 3. The van der Waals surface area contributed by atoms with E-state index in [0.717, 1.165) is 12.8 Å². The van der Waals surface area contributed by atoms with Crippen LogP contribution in [0.3, 0.4) is 0 Å². The van der Waals surface area contributed by atoms with Gasteiger partial charge in [0.2, 0.25) is 0 Å². The molecule has 26 heavy (non-hydrogen) atoms. The Morgan fingerprint density at radius 3 is 2.73 bits per heavy atom. The van der Waals surface area contributed by atoms with Gasteiger partial charge in [0.05, 0.1) is 0 Å². The third-order valence-corrected chi connectivity index (χ3v) is 6.47. The average Bonchev–Trinajstić information content (AvgIpc) is 2.84. The highest BCUT2D eigenvalue weighted by Crippen LogP contribution is 2.63. The fourth-order valence-corrected chi connectivity index (χ4v) is 5.36. The van der Waals surface area contributed by atoms with Crippen molar-refractivity contribution in [1.82, 2.24) is 0 Å². The van der Waals surface area contributed by atoms with Crippen LogP contribution in [-0.4, -0.2) is 35.4 Å². The Morgan fingerprint density at radius 2 is 2.04 bits per heavy atom. The Kier molecular flexibility index (Phi) is 4.63. The predicted octanol–water partition coefficient (Wildman–Crippen LogP) is 3.09. The van der Waals surface area contributed by atoms with E-state index in [-0.39, 0.29) is 17.9 Å². The van der Waals surface area contributed by atoms with Crippen molar-refractivity contribution >= 4 is 11.9 Å². The first-order chi connectivity index (χ1) is 12.2. The normalized spacial score (nSPS) is 38.7. The van der Waals surface area contributed by atoms with E-state index in [1.54, 1.807) is 18.2 Å². The van der Waals surface area contributed by atoms with Gasteiger partial charge in [-0.2, -0.15) is 0 Å². The molecule has 3 rings (SSSR count). The van der Waals surface area contributed by atoms with Crippen LogP contribution in [0.1, 0.15) is 47.0 Å². The highest BCUT2D eigenvalue weighted by molar-refractivity contribution is 5.88. The summed E-state index contributed by atoms with van der Waals surface area (Å²) >= 11 is 0. The van der Waals surface area contributed by atoms with Crippen molar-refractivity contribution in [1.29, 1.82) is 0 Å². The fourth-order valence-electron chi connectivity index (χ4n) is 5.36. The van der Waals surface area contributed by atoms with Crippen molar-refractivity contribution in [3.05, 3.63) is 36.0 Å². The smallest absolute Gasteiger partial charge is 0.343 e. The molecule has 0 aromatic rings. The van der Waals surface area contributed by atoms with Crippen LogP contribution < -0.4 is 0 Å². The highest BCUT2D eigenvalue weighted by Gasteiger charge is 2.69. The van der Waals surface area contributed by atoms with Gasteiger partial charge in [0.25, 0.3) is 0 Å². The summed E-state index contributed by atoms with van der Waals surface area (Å²) in [5.41, 5.74) is -2.02. The molecule has 1 N–H and O–H groups in total. The van der Waals surface area contributed by atoms with Crippen LogP contribution in [-0.2, 0) is 19.1 Å². The van der Waals surface area contributed by atoms with Crippen molar-refractivity contribution in [2.24, 2.45) is 16.7 Å². The van der Waals surface area contributed by atoms with E-state index in [1.165, 1.54) is 6.08 Å². The molecule has 1 unspecified atom stereocenters. The SMILES string of the molecule is C/C=C/C=C/C(=O)O[C@@H]1C=C2COC(=O)C2(O)[C@@]2(C)CCCC(C)(C)[C@H]12. The van der Waals surface area contributed by atoms with Crippen molar-refractivity contribution < 1.29 is 24.2 Å². The van der Waals surface area contributed by atoms with E-state index in [0.29, 0.717) is 12.0 Å². The highest BCUT2D eigenvalue weighted by atomic mass is 16.6. The van der Waals surface area contributed by atoms with Gasteiger partial charge < -0.3 is 14.6 Å². The Morgan fingerprint density at radius 1 is 1.31 bits per heavy atom. The van der Waals surface area contributed by atoms with Gasteiger partial charge in [-0.05, 0) is 31.3 Å². The van der Waals surface area contributed by atoms with Crippen LogP contribution in [0.4, 0.5) is 0 Å².